The number of amides is 1. The standard InChI is InChI=1S/C20H21ClFNO3/c21-15-6-7-16(17(22)12-15)18(24)19(25)23-13-20(8-10-26-11-9-20)14-4-2-1-3-5-14/h1-7,12,18,24H,8-11,13H2,(H,23,25). The molecule has 1 saturated heterocycles. The summed E-state index contributed by atoms with van der Waals surface area (Å²) in [5.41, 5.74) is 0.774. The highest BCUT2D eigenvalue weighted by atomic mass is 35.5. The van der Waals surface area contributed by atoms with E-state index in [0.29, 0.717) is 19.8 Å². The first-order valence-corrected chi connectivity index (χ1v) is 8.94. The normalized spacial score (nSPS) is 17.5. The zero-order chi connectivity index (χ0) is 18.6. The van der Waals surface area contributed by atoms with E-state index in [1.54, 1.807) is 0 Å². The molecule has 2 N–H and O–H groups in total. The van der Waals surface area contributed by atoms with Gasteiger partial charge in [0, 0.05) is 35.8 Å². The van der Waals surface area contributed by atoms with Crippen molar-refractivity contribution in [2.45, 2.75) is 24.4 Å². The first-order valence-electron chi connectivity index (χ1n) is 8.56. The molecule has 1 atom stereocenters. The first kappa shape index (κ1) is 18.8. The fourth-order valence-electron chi connectivity index (χ4n) is 3.34. The van der Waals surface area contributed by atoms with Gasteiger partial charge in [0.2, 0.25) is 0 Å². The second kappa shape index (κ2) is 8.16. The van der Waals surface area contributed by atoms with Crippen LogP contribution in [0.4, 0.5) is 4.39 Å². The molecule has 1 amide bonds. The van der Waals surface area contributed by atoms with Gasteiger partial charge in [-0.1, -0.05) is 48.0 Å². The summed E-state index contributed by atoms with van der Waals surface area (Å²) < 4.78 is 19.4. The molecule has 4 nitrogen and oxygen atoms in total. The van der Waals surface area contributed by atoms with Crippen molar-refractivity contribution in [1.29, 1.82) is 0 Å². The van der Waals surface area contributed by atoms with Crippen LogP contribution >= 0.6 is 11.6 Å². The van der Waals surface area contributed by atoms with E-state index in [2.05, 4.69) is 5.32 Å². The number of rotatable bonds is 5. The molecule has 0 bridgehead atoms. The van der Waals surface area contributed by atoms with E-state index in [1.165, 1.54) is 12.1 Å². The smallest absolute Gasteiger partial charge is 0.253 e. The summed E-state index contributed by atoms with van der Waals surface area (Å²) in [5, 5.41) is 13.2. The number of aliphatic hydroxyl groups is 1. The molecule has 0 spiro atoms. The van der Waals surface area contributed by atoms with Crippen molar-refractivity contribution in [3.63, 3.8) is 0 Å². The summed E-state index contributed by atoms with van der Waals surface area (Å²) in [6.45, 7) is 1.57. The van der Waals surface area contributed by atoms with Crippen LogP contribution in [0.1, 0.15) is 30.1 Å². The van der Waals surface area contributed by atoms with Gasteiger partial charge in [-0.15, -0.1) is 0 Å². The van der Waals surface area contributed by atoms with Crippen LogP contribution in [0.3, 0.4) is 0 Å². The molecule has 26 heavy (non-hydrogen) atoms. The molecular weight excluding hydrogens is 357 g/mol. The Hall–Kier alpha value is -1.95. The molecule has 1 aliphatic rings. The number of hydrogen-bond acceptors (Lipinski definition) is 3. The van der Waals surface area contributed by atoms with Gasteiger partial charge >= 0.3 is 0 Å². The largest absolute Gasteiger partial charge is 0.381 e. The van der Waals surface area contributed by atoms with Gasteiger partial charge in [-0.25, -0.2) is 4.39 Å². The van der Waals surface area contributed by atoms with Gasteiger partial charge in [0.1, 0.15) is 5.82 Å². The average molecular weight is 378 g/mol. The molecule has 0 saturated carbocycles. The third kappa shape index (κ3) is 4.06. The van der Waals surface area contributed by atoms with E-state index in [4.69, 9.17) is 16.3 Å². The van der Waals surface area contributed by atoms with Gasteiger partial charge in [-0.2, -0.15) is 0 Å². The predicted octanol–water partition coefficient (Wildman–Crippen LogP) is 3.38. The van der Waals surface area contributed by atoms with Crippen molar-refractivity contribution in [2.24, 2.45) is 0 Å². The van der Waals surface area contributed by atoms with Crippen LogP contribution < -0.4 is 5.32 Å². The van der Waals surface area contributed by atoms with Crippen molar-refractivity contribution in [3.8, 4) is 0 Å². The highest BCUT2D eigenvalue weighted by Gasteiger charge is 2.35. The third-order valence-electron chi connectivity index (χ3n) is 4.94. The number of carbonyl (C=O) groups is 1. The maximum absolute atomic E-state index is 14.0. The second-order valence-corrected chi connectivity index (χ2v) is 6.98. The number of nitrogens with one attached hydrogen (secondary N) is 1. The van der Waals surface area contributed by atoms with Gasteiger partial charge in [0.05, 0.1) is 0 Å². The Bertz CT molecular complexity index is 763. The van der Waals surface area contributed by atoms with Crippen LogP contribution in [0, 0.1) is 5.82 Å². The lowest BCUT2D eigenvalue weighted by molar-refractivity contribution is -0.130. The Kier molecular flexibility index (Phi) is 5.91. The first-order chi connectivity index (χ1) is 12.5. The summed E-state index contributed by atoms with van der Waals surface area (Å²) in [5.74, 6) is -1.34. The fraction of sp³-hybridized carbons (Fsp3) is 0.350. The molecule has 0 radical (unpaired) electrons. The topological polar surface area (TPSA) is 58.6 Å². The average Bonchev–Trinajstić information content (AvgIpc) is 2.67. The molecule has 6 heteroatoms. The Morgan fingerprint density at radius 2 is 1.92 bits per heavy atom. The Morgan fingerprint density at radius 1 is 1.23 bits per heavy atom. The molecule has 0 aliphatic carbocycles. The Balaban J connectivity index is 1.73. The molecule has 1 unspecified atom stereocenters. The minimum absolute atomic E-state index is 0.0901. The second-order valence-electron chi connectivity index (χ2n) is 6.54. The van der Waals surface area contributed by atoms with Crippen LogP contribution in [-0.2, 0) is 14.9 Å². The maximum atomic E-state index is 14.0. The van der Waals surface area contributed by atoms with Crippen LogP contribution in [0.25, 0.3) is 0 Å². The molecule has 2 aromatic carbocycles. The van der Waals surface area contributed by atoms with E-state index in [9.17, 15) is 14.3 Å². The van der Waals surface area contributed by atoms with Gasteiger partial charge in [-0.05, 0) is 30.5 Å². The summed E-state index contributed by atoms with van der Waals surface area (Å²) >= 11 is 5.72. The van der Waals surface area contributed by atoms with E-state index in [-0.39, 0.29) is 16.0 Å². The summed E-state index contributed by atoms with van der Waals surface area (Å²) in [6, 6.07) is 13.8. The summed E-state index contributed by atoms with van der Waals surface area (Å²) in [7, 11) is 0. The highest BCUT2D eigenvalue weighted by molar-refractivity contribution is 6.30. The number of carbonyl (C=O) groups excluding carboxylic acids is 1. The van der Waals surface area contributed by atoms with E-state index in [1.807, 2.05) is 30.3 Å². The molecule has 0 aromatic heterocycles. The molecule has 1 aliphatic heterocycles. The van der Waals surface area contributed by atoms with Crippen molar-refractivity contribution in [2.75, 3.05) is 19.8 Å². The van der Waals surface area contributed by atoms with Crippen molar-refractivity contribution in [1.82, 2.24) is 5.32 Å². The number of ether oxygens (including phenoxy) is 1. The third-order valence-corrected chi connectivity index (χ3v) is 5.18. The Labute approximate surface area is 156 Å². The summed E-state index contributed by atoms with van der Waals surface area (Å²) in [6.07, 6.45) is -0.0503. The van der Waals surface area contributed by atoms with Crippen molar-refractivity contribution in [3.05, 3.63) is 70.5 Å². The molecule has 138 valence electrons. The number of hydrogen-bond donors (Lipinski definition) is 2. The molecular formula is C20H21ClFNO3. The number of benzene rings is 2. The van der Waals surface area contributed by atoms with E-state index in [0.717, 1.165) is 24.5 Å². The van der Waals surface area contributed by atoms with E-state index < -0.39 is 17.8 Å². The predicted molar refractivity (Wildman–Crippen MR) is 97.6 cm³/mol. The number of aliphatic hydroxyl groups excluding tert-OH is 1. The maximum Gasteiger partial charge on any atom is 0.253 e. The molecule has 1 fully saturated rings. The lowest BCUT2D eigenvalue weighted by atomic mass is 9.74. The SMILES string of the molecule is O=C(NCC1(c2ccccc2)CCOCC1)C(O)c1ccc(Cl)cc1F. The highest BCUT2D eigenvalue weighted by Crippen LogP contribution is 2.34. The van der Waals surface area contributed by atoms with Crippen LogP contribution in [0.2, 0.25) is 5.02 Å². The summed E-state index contributed by atoms with van der Waals surface area (Å²) in [4.78, 5) is 12.4. The van der Waals surface area contributed by atoms with Crippen molar-refractivity contribution >= 4 is 17.5 Å². The van der Waals surface area contributed by atoms with Gasteiger partial charge in [-0.3, -0.25) is 4.79 Å². The number of halogens is 2. The Morgan fingerprint density at radius 3 is 2.58 bits per heavy atom. The van der Waals surface area contributed by atoms with Gasteiger partial charge in [0.15, 0.2) is 6.10 Å². The van der Waals surface area contributed by atoms with Gasteiger partial charge < -0.3 is 15.2 Å². The quantitative estimate of drug-likeness (QED) is 0.839. The lowest BCUT2D eigenvalue weighted by Gasteiger charge is -2.38. The minimum Gasteiger partial charge on any atom is -0.381 e. The zero-order valence-corrected chi connectivity index (χ0v) is 15.0. The van der Waals surface area contributed by atoms with Crippen LogP contribution in [0.5, 0.6) is 0 Å². The lowest BCUT2D eigenvalue weighted by Crippen LogP contribution is -2.45. The fourth-order valence-corrected chi connectivity index (χ4v) is 3.50. The van der Waals surface area contributed by atoms with Crippen LogP contribution in [-0.4, -0.2) is 30.8 Å². The molecule has 1 heterocycles. The zero-order valence-electron chi connectivity index (χ0n) is 14.3. The monoisotopic (exact) mass is 377 g/mol. The minimum atomic E-state index is -1.58. The van der Waals surface area contributed by atoms with Crippen LogP contribution in [0.15, 0.2) is 48.5 Å². The van der Waals surface area contributed by atoms with Gasteiger partial charge in [0.25, 0.3) is 5.91 Å². The van der Waals surface area contributed by atoms with E-state index >= 15 is 0 Å². The molecule has 3 rings (SSSR count). The molecule has 2 aromatic rings. The van der Waals surface area contributed by atoms with Crippen molar-refractivity contribution < 1.29 is 19.0 Å².